The summed E-state index contributed by atoms with van der Waals surface area (Å²) >= 11 is 0. The van der Waals surface area contributed by atoms with Crippen LogP contribution in [0.4, 0.5) is 0 Å². The number of benzene rings is 2. The zero-order chi connectivity index (χ0) is 17.6. The highest BCUT2D eigenvalue weighted by atomic mass is 32.2. The maximum absolute atomic E-state index is 12.6. The Morgan fingerprint density at radius 3 is 2.84 bits per heavy atom. The number of aromatic amines is 1. The smallest absolute Gasteiger partial charge is 0.408 e. The first kappa shape index (κ1) is 15.7. The quantitative estimate of drug-likeness (QED) is 0.584. The lowest BCUT2D eigenvalue weighted by Crippen LogP contribution is -2.23. The van der Waals surface area contributed by atoms with Gasteiger partial charge in [0.25, 0.3) is 0 Å². The molecule has 2 aromatic carbocycles. The predicted octanol–water partition coefficient (Wildman–Crippen LogP) is 2.09. The fraction of sp³-hybridized carbons (Fsp3) is 0.118. The number of hydrogen-bond acceptors (Lipinski definition) is 4. The third kappa shape index (κ3) is 2.65. The van der Waals surface area contributed by atoms with Gasteiger partial charge in [0.2, 0.25) is 10.0 Å². The highest BCUT2D eigenvalue weighted by Gasteiger charge is 2.17. The molecule has 0 atom stereocenters. The van der Waals surface area contributed by atoms with Crippen LogP contribution in [0.2, 0.25) is 0 Å². The van der Waals surface area contributed by atoms with Crippen LogP contribution in [0.3, 0.4) is 0 Å². The molecule has 4 aromatic rings. The van der Waals surface area contributed by atoms with Gasteiger partial charge in [0.1, 0.15) is 0 Å². The molecular weight excluding hydrogens is 342 g/mol. The molecule has 2 N–H and O–H groups in total. The van der Waals surface area contributed by atoms with Crippen molar-refractivity contribution in [1.29, 1.82) is 0 Å². The van der Waals surface area contributed by atoms with Crippen LogP contribution in [-0.4, -0.2) is 18.0 Å². The third-order valence-corrected chi connectivity index (χ3v) is 5.60. The molecule has 0 saturated carbocycles. The number of aryl methyl sites for hydroxylation is 1. The molecule has 0 amide bonds. The molecule has 8 heteroatoms. The van der Waals surface area contributed by atoms with Crippen LogP contribution in [0.5, 0.6) is 0 Å². The van der Waals surface area contributed by atoms with E-state index in [9.17, 15) is 13.2 Å². The van der Waals surface area contributed by atoms with Crippen LogP contribution in [0, 0.1) is 0 Å². The number of hydrogen-bond donors (Lipinski definition) is 2. The van der Waals surface area contributed by atoms with E-state index in [1.807, 2.05) is 24.3 Å². The Balaban J connectivity index is 1.64. The number of nitrogens with zero attached hydrogens (tertiary/aromatic N) is 1. The molecule has 7 nitrogen and oxygen atoms in total. The highest BCUT2D eigenvalue weighted by molar-refractivity contribution is 7.89. The lowest BCUT2D eigenvalue weighted by molar-refractivity contribution is 0.527. The number of sulfonamides is 1. The molecule has 2 aromatic heterocycles. The Kier molecular flexibility index (Phi) is 3.52. The number of fused-ring (bicyclic) bond motifs is 2. The Bertz CT molecular complexity index is 1250. The molecule has 0 unspecified atom stereocenters. The van der Waals surface area contributed by atoms with Crippen molar-refractivity contribution in [3.05, 3.63) is 64.8 Å². The van der Waals surface area contributed by atoms with E-state index >= 15 is 0 Å². The first-order chi connectivity index (χ1) is 12.0. The number of rotatable bonds is 4. The van der Waals surface area contributed by atoms with Crippen molar-refractivity contribution in [2.45, 2.75) is 11.4 Å². The largest absolute Gasteiger partial charge is 0.419 e. The van der Waals surface area contributed by atoms with Crippen molar-refractivity contribution in [1.82, 2.24) is 14.3 Å². The van der Waals surface area contributed by atoms with Crippen LogP contribution in [0.15, 0.2) is 62.8 Å². The van der Waals surface area contributed by atoms with Gasteiger partial charge in [-0.1, -0.05) is 18.2 Å². The van der Waals surface area contributed by atoms with E-state index in [2.05, 4.69) is 9.71 Å². The maximum Gasteiger partial charge on any atom is 0.419 e. The van der Waals surface area contributed by atoms with Crippen LogP contribution in [0.25, 0.3) is 22.0 Å². The van der Waals surface area contributed by atoms with Gasteiger partial charge in [0.05, 0.1) is 10.4 Å². The highest BCUT2D eigenvalue weighted by Crippen LogP contribution is 2.20. The first-order valence-corrected chi connectivity index (χ1v) is 9.08. The summed E-state index contributed by atoms with van der Waals surface area (Å²) in [5.74, 6) is -0.531. The minimum absolute atomic E-state index is 0.0502. The fourth-order valence-electron chi connectivity index (χ4n) is 2.82. The molecule has 0 aliphatic heterocycles. The van der Waals surface area contributed by atoms with Gasteiger partial charge >= 0.3 is 5.76 Å². The van der Waals surface area contributed by atoms with Crippen molar-refractivity contribution in [2.24, 2.45) is 7.05 Å². The molecule has 0 bridgehead atoms. The van der Waals surface area contributed by atoms with Gasteiger partial charge in [-0.05, 0) is 23.8 Å². The van der Waals surface area contributed by atoms with Gasteiger partial charge in [-0.3, -0.25) is 4.57 Å². The molecule has 0 saturated heterocycles. The number of H-pyrrole nitrogens is 1. The molecule has 0 fully saturated rings. The van der Waals surface area contributed by atoms with Crippen molar-refractivity contribution in [3.8, 4) is 0 Å². The van der Waals surface area contributed by atoms with Gasteiger partial charge in [0, 0.05) is 36.8 Å². The van der Waals surface area contributed by atoms with Crippen LogP contribution >= 0.6 is 0 Å². The number of aromatic nitrogens is 2. The zero-order valence-electron chi connectivity index (χ0n) is 13.3. The van der Waals surface area contributed by atoms with Crippen LogP contribution in [-0.2, 0) is 23.6 Å². The SMILES string of the molecule is Cn1c(=O)oc2cc(S(=O)(=O)NCc3c[nH]c4ccccc34)ccc21. The summed E-state index contributed by atoms with van der Waals surface area (Å²) in [4.78, 5) is 14.7. The van der Waals surface area contributed by atoms with Gasteiger partial charge in [-0.25, -0.2) is 17.9 Å². The average molecular weight is 357 g/mol. The molecule has 4 rings (SSSR count). The van der Waals surface area contributed by atoms with Crippen molar-refractivity contribution < 1.29 is 12.8 Å². The summed E-state index contributed by atoms with van der Waals surface area (Å²) in [7, 11) is -2.17. The molecule has 25 heavy (non-hydrogen) atoms. The average Bonchev–Trinajstić information content (AvgIpc) is 3.14. The number of oxazole rings is 1. The molecular formula is C17H15N3O4S. The van der Waals surface area contributed by atoms with E-state index in [1.165, 1.54) is 16.7 Å². The van der Waals surface area contributed by atoms with E-state index in [-0.39, 0.29) is 17.0 Å². The second-order valence-corrected chi connectivity index (χ2v) is 7.51. The summed E-state index contributed by atoms with van der Waals surface area (Å²) in [6, 6.07) is 12.0. The lowest BCUT2D eigenvalue weighted by Gasteiger charge is -2.06. The van der Waals surface area contributed by atoms with Crippen molar-refractivity contribution in [2.75, 3.05) is 0 Å². The van der Waals surface area contributed by atoms with E-state index in [0.717, 1.165) is 16.5 Å². The Labute approximate surface area is 142 Å². The Hall–Kier alpha value is -2.84. The summed E-state index contributed by atoms with van der Waals surface area (Å²) in [5, 5.41) is 0.967. The molecule has 0 aliphatic carbocycles. The number of nitrogens with one attached hydrogen (secondary N) is 2. The minimum atomic E-state index is -3.74. The molecule has 2 heterocycles. The van der Waals surface area contributed by atoms with Crippen LogP contribution < -0.4 is 10.5 Å². The van der Waals surface area contributed by atoms with E-state index < -0.39 is 15.8 Å². The number of para-hydroxylation sites is 1. The van der Waals surface area contributed by atoms with Gasteiger partial charge in [-0.15, -0.1) is 0 Å². The summed E-state index contributed by atoms with van der Waals surface area (Å²) in [5.41, 5.74) is 2.58. The van der Waals surface area contributed by atoms with E-state index in [0.29, 0.717) is 5.52 Å². The summed E-state index contributed by atoms with van der Waals surface area (Å²) in [6.45, 7) is 0.156. The predicted molar refractivity (Wildman–Crippen MR) is 93.8 cm³/mol. The molecule has 0 spiro atoms. The molecule has 0 radical (unpaired) electrons. The van der Waals surface area contributed by atoms with Gasteiger partial charge < -0.3 is 9.40 Å². The third-order valence-electron chi connectivity index (χ3n) is 4.20. The summed E-state index contributed by atoms with van der Waals surface area (Å²) in [6.07, 6.45) is 1.78. The normalized spacial score (nSPS) is 12.2. The first-order valence-electron chi connectivity index (χ1n) is 7.60. The minimum Gasteiger partial charge on any atom is -0.408 e. The van der Waals surface area contributed by atoms with E-state index in [4.69, 9.17) is 4.42 Å². The van der Waals surface area contributed by atoms with Crippen molar-refractivity contribution in [3.63, 3.8) is 0 Å². The van der Waals surface area contributed by atoms with Crippen LogP contribution in [0.1, 0.15) is 5.56 Å². The topological polar surface area (TPSA) is 97.1 Å². The Morgan fingerprint density at radius 2 is 2.00 bits per heavy atom. The van der Waals surface area contributed by atoms with Gasteiger partial charge in [0.15, 0.2) is 5.58 Å². The summed E-state index contributed by atoms with van der Waals surface area (Å²) < 4.78 is 34.1. The fourth-order valence-corrected chi connectivity index (χ4v) is 3.84. The Morgan fingerprint density at radius 1 is 1.20 bits per heavy atom. The second-order valence-electron chi connectivity index (χ2n) is 5.74. The van der Waals surface area contributed by atoms with E-state index in [1.54, 1.807) is 19.3 Å². The van der Waals surface area contributed by atoms with Gasteiger partial charge in [-0.2, -0.15) is 0 Å². The molecule has 128 valence electrons. The van der Waals surface area contributed by atoms with Crippen molar-refractivity contribution >= 4 is 32.0 Å². The maximum atomic E-state index is 12.6. The monoisotopic (exact) mass is 357 g/mol. The standard InChI is InChI=1S/C17H15N3O4S/c1-20-15-7-6-12(8-16(15)24-17(20)21)25(22,23)19-10-11-9-18-14-5-3-2-4-13(11)14/h2-9,18-19H,10H2,1H3. The lowest BCUT2D eigenvalue weighted by atomic mass is 10.2. The molecule has 0 aliphatic rings. The second kappa shape index (κ2) is 5.61. The zero-order valence-corrected chi connectivity index (χ0v) is 14.1.